The first-order chi connectivity index (χ1) is 24.4. The molecule has 0 saturated heterocycles. The van der Waals surface area contributed by atoms with Crippen molar-refractivity contribution in [2.45, 2.75) is 107 Å². The number of benzene rings is 6. The van der Waals surface area contributed by atoms with Gasteiger partial charge in [-0.25, -0.2) is 4.99 Å². The van der Waals surface area contributed by atoms with Crippen molar-refractivity contribution in [2.24, 2.45) is 26.2 Å². The molecule has 3 heteroatoms. The zero-order chi connectivity index (χ0) is 37.1. The maximum Gasteiger partial charge on any atom is 0.129 e. The SMILES string of the molecule is Cc1ccccc1-n1c2ccc(C(C)(C)C)cc2c2c3cccc4cc(C5=NC(C(C)(C)C)=NC(C(C)(C)C)C(C)(C)CC5)c5cccc(c5c43)c21. The Morgan fingerprint density at radius 1 is 0.673 bits per heavy atom. The summed E-state index contributed by atoms with van der Waals surface area (Å²) in [4.78, 5) is 11.1. The Hall–Kier alpha value is -4.50. The van der Waals surface area contributed by atoms with E-state index < -0.39 is 0 Å². The van der Waals surface area contributed by atoms with Gasteiger partial charge in [0.1, 0.15) is 5.84 Å². The molecule has 0 fully saturated rings. The van der Waals surface area contributed by atoms with Crippen LogP contribution >= 0.6 is 0 Å². The summed E-state index contributed by atoms with van der Waals surface area (Å²) in [6, 6.07) is 32.5. The number of hydrogen-bond donors (Lipinski definition) is 0. The highest BCUT2D eigenvalue weighted by atomic mass is 15.0. The summed E-state index contributed by atoms with van der Waals surface area (Å²) in [5, 5.41) is 10.5. The Morgan fingerprint density at radius 3 is 2.06 bits per heavy atom. The zero-order valence-electron chi connectivity index (χ0n) is 33.4. The molecule has 52 heavy (non-hydrogen) atoms. The summed E-state index contributed by atoms with van der Waals surface area (Å²) in [7, 11) is 0. The molecule has 266 valence electrons. The minimum absolute atomic E-state index is 0.0155. The van der Waals surface area contributed by atoms with Gasteiger partial charge in [-0.05, 0) is 92.9 Å². The minimum Gasteiger partial charge on any atom is -0.308 e. The fourth-order valence-corrected chi connectivity index (χ4v) is 9.25. The van der Waals surface area contributed by atoms with Crippen molar-refractivity contribution >= 4 is 65.7 Å². The third-order valence-corrected chi connectivity index (χ3v) is 11.8. The molecule has 0 aliphatic carbocycles. The van der Waals surface area contributed by atoms with Crippen LogP contribution in [0.2, 0.25) is 0 Å². The molecule has 0 saturated carbocycles. The smallest absolute Gasteiger partial charge is 0.129 e. The third kappa shape index (κ3) is 5.37. The van der Waals surface area contributed by atoms with Crippen LogP contribution in [0.1, 0.15) is 106 Å². The second-order valence-electron chi connectivity index (χ2n) is 19.4. The van der Waals surface area contributed by atoms with E-state index >= 15 is 0 Å². The number of fused-ring (bicyclic) bond motifs is 5. The van der Waals surface area contributed by atoms with Crippen molar-refractivity contribution in [3.8, 4) is 5.69 Å². The number of nitrogens with zero attached hydrogens (tertiary/aromatic N) is 3. The predicted octanol–water partition coefficient (Wildman–Crippen LogP) is 13.8. The average Bonchev–Trinajstić information content (AvgIpc) is 3.39. The van der Waals surface area contributed by atoms with Crippen LogP contribution in [0.5, 0.6) is 0 Å². The second kappa shape index (κ2) is 11.5. The van der Waals surface area contributed by atoms with Gasteiger partial charge >= 0.3 is 0 Å². The van der Waals surface area contributed by atoms with Gasteiger partial charge in [0.15, 0.2) is 0 Å². The van der Waals surface area contributed by atoms with E-state index in [1.807, 2.05) is 0 Å². The predicted molar refractivity (Wildman–Crippen MR) is 228 cm³/mol. The number of para-hydroxylation sites is 1. The molecular weight excluding hydrogens is 631 g/mol. The van der Waals surface area contributed by atoms with Gasteiger partial charge in [0.25, 0.3) is 0 Å². The molecule has 0 N–H and O–H groups in total. The van der Waals surface area contributed by atoms with E-state index in [0.717, 1.165) is 24.4 Å². The first kappa shape index (κ1) is 34.6. The van der Waals surface area contributed by atoms with E-state index in [9.17, 15) is 0 Å². The standard InChI is InChI=1S/C49H55N3/c1-29-17-13-14-22-38(29)52-39-24-23-31(46(2,3)4)28-36(39)42-33-20-15-18-30-27-35(32-19-16-21-34(43(42)52)41(32)40(30)33)37-25-26-49(11,12)44(47(5,6)7)51-45(50-37)48(8,9)10/h13-24,27-28,44H,25-26H2,1-12H3. The molecule has 1 aromatic heterocycles. The van der Waals surface area contributed by atoms with Crippen molar-refractivity contribution in [2.75, 3.05) is 0 Å². The van der Waals surface area contributed by atoms with Crippen LogP contribution in [0, 0.1) is 23.2 Å². The molecule has 0 spiro atoms. The third-order valence-electron chi connectivity index (χ3n) is 11.8. The molecule has 1 aliphatic heterocycles. The Labute approximate surface area is 310 Å². The normalized spacial score (nSPS) is 17.7. The van der Waals surface area contributed by atoms with Crippen molar-refractivity contribution in [1.82, 2.24) is 4.57 Å². The summed E-state index contributed by atoms with van der Waals surface area (Å²) >= 11 is 0. The molecule has 1 atom stereocenters. The molecule has 1 aliphatic rings. The van der Waals surface area contributed by atoms with Crippen LogP contribution in [0.25, 0.3) is 59.8 Å². The number of aliphatic imine (C=N–C) groups is 2. The molecule has 2 heterocycles. The molecule has 0 amide bonds. The van der Waals surface area contributed by atoms with Gasteiger partial charge in [-0.3, -0.25) is 4.99 Å². The van der Waals surface area contributed by atoms with E-state index in [-0.39, 0.29) is 27.7 Å². The number of hydrogen-bond acceptors (Lipinski definition) is 2. The first-order valence-electron chi connectivity index (χ1n) is 19.3. The van der Waals surface area contributed by atoms with Gasteiger partial charge in [0.2, 0.25) is 0 Å². The summed E-state index contributed by atoms with van der Waals surface area (Å²) < 4.78 is 2.54. The quantitative estimate of drug-likeness (QED) is 0.162. The maximum atomic E-state index is 5.58. The van der Waals surface area contributed by atoms with Gasteiger partial charge in [0, 0.05) is 38.2 Å². The van der Waals surface area contributed by atoms with Crippen LogP contribution in [0.15, 0.2) is 94.9 Å². The highest BCUT2D eigenvalue weighted by Crippen LogP contribution is 2.48. The fraction of sp³-hybridized carbons (Fsp3) is 0.388. The van der Waals surface area contributed by atoms with Gasteiger partial charge in [-0.15, -0.1) is 0 Å². The van der Waals surface area contributed by atoms with E-state index in [2.05, 4.69) is 173 Å². The average molecular weight is 686 g/mol. The largest absolute Gasteiger partial charge is 0.308 e. The number of aryl methyl sites for hydroxylation is 1. The summed E-state index contributed by atoms with van der Waals surface area (Å²) in [6.45, 7) is 27.8. The molecule has 7 aromatic rings. The topological polar surface area (TPSA) is 29.6 Å². The highest BCUT2D eigenvalue weighted by molar-refractivity contribution is 6.39. The summed E-state index contributed by atoms with van der Waals surface area (Å²) in [5.41, 5.74) is 8.67. The zero-order valence-corrected chi connectivity index (χ0v) is 33.4. The van der Waals surface area contributed by atoms with E-state index in [1.54, 1.807) is 0 Å². The van der Waals surface area contributed by atoms with Gasteiger partial charge in [0.05, 0.1) is 22.8 Å². The lowest BCUT2D eigenvalue weighted by Crippen LogP contribution is -2.41. The molecule has 0 bridgehead atoms. The van der Waals surface area contributed by atoms with Crippen LogP contribution < -0.4 is 0 Å². The van der Waals surface area contributed by atoms with Crippen molar-refractivity contribution < 1.29 is 0 Å². The first-order valence-corrected chi connectivity index (χ1v) is 19.3. The number of amidine groups is 1. The monoisotopic (exact) mass is 685 g/mol. The Bertz CT molecular complexity index is 2600. The van der Waals surface area contributed by atoms with Crippen LogP contribution in [-0.4, -0.2) is 22.2 Å². The van der Waals surface area contributed by atoms with Gasteiger partial charge < -0.3 is 4.57 Å². The number of rotatable bonds is 2. The molecule has 0 radical (unpaired) electrons. The van der Waals surface area contributed by atoms with E-state index in [0.29, 0.717) is 0 Å². The molecular formula is C49H55N3. The Balaban J connectivity index is 1.53. The fourth-order valence-electron chi connectivity index (χ4n) is 9.25. The number of aromatic nitrogens is 1. The van der Waals surface area contributed by atoms with Crippen LogP contribution in [0.3, 0.4) is 0 Å². The van der Waals surface area contributed by atoms with Crippen molar-refractivity contribution in [3.63, 3.8) is 0 Å². The van der Waals surface area contributed by atoms with Crippen LogP contribution in [0.4, 0.5) is 0 Å². The Morgan fingerprint density at radius 2 is 1.37 bits per heavy atom. The molecule has 6 aromatic carbocycles. The van der Waals surface area contributed by atoms with E-state index in [4.69, 9.17) is 9.98 Å². The molecule has 3 nitrogen and oxygen atoms in total. The lowest BCUT2D eigenvalue weighted by molar-refractivity contribution is 0.153. The van der Waals surface area contributed by atoms with Gasteiger partial charge in [-0.2, -0.15) is 0 Å². The minimum atomic E-state index is -0.187. The summed E-state index contributed by atoms with van der Waals surface area (Å²) in [5.74, 6) is 0.956. The molecule has 8 rings (SSSR count). The Kier molecular flexibility index (Phi) is 7.65. The van der Waals surface area contributed by atoms with Crippen molar-refractivity contribution in [3.05, 3.63) is 102 Å². The van der Waals surface area contributed by atoms with Gasteiger partial charge in [-0.1, -0.05) is 137 Å². The van der Waals surface area contributed by atoms with Crippen molar-refractivity contribution in [1.29, 1.82) is 0 Å². The van der Waals surface area contributed by atoms with E-state index in [1.165, 1.54) is 76.5 Å². The lowest BCUT2D eigenvalue weighted by atomic mass is 9.68. The molecule has 1 unspecified atom stereocenters. The lowest BCUT2D eigenvalue weighted by Gasteiger charge is -2.42. The van der Waals surface area contributed by atoms with Crippen LogP contribution in [-0.2, 0) is 5.41 Å². The summed E-state index contributed by atoms with van der Waals surface area (Å²) in [6.07, 6.45) is 1.93. The second-order valence-corrected chi connectivity index (χ2v) is 19.4. The highest BCUT2D eigenvalue weighted by Gasteiger charge is 2.40. The maximum absolute atomic E-state index is 5.58.